The molecule has 0 saturated heterocycles. The van der Waals surface area contributed by atoms with Crippen LogP contribution in [-0.4, -0.2) is 5.75 Å². The van der Waals surface area contributed by atoms with Crippen molar-refractivity contribution in [2.45, 2.75) is 187 Å². The maximum atomic E-state index is 3.76. The molecule has 0 aliphatic carbocycles. The van der Waals surface area contributed by atoms with Gasteiger partial charge in [0, 0.05) is 0 Å². The molecule has 1 heteroatoms. The molecule has 0 amide bonds. The second-order valence-corrected chi connectivity index (χ2v) is 11.7. The van der Waals surface area contributed by atoms with Gasteiger partial charge in [0.05, 0.1) is 0 Å². The number of thioether (sulfide) groups is 1. The van der Waals surface area contributed by atoms with Crippen molar-refractivity contribution in [3.8, 4) is 0 Å². The van der Waals surface area contributed by atoms with E-state index < -0.39 is 0 Å². The van der Waals surface area contributed by atoms with Crippen LogP contribution in [0.1, 0.15) is 187 Å². The van der Waals surface area contributed by atoms with E-state index in [9.17, 15) is 0 Å². The first-order valence-corrected chi connectivity index (χ1v) is 16.7. The van der Waals surface area contributed by atoms with Gasteiger partial charge < -0.3 is 0 Å². The molecule has 0 radical (unpaired) electrons. The van der Waals surface area contributed by atoms with Crippen molar-refractivity contribution < 1.29 is 0 Å². The Morgan fingerprint density at radius 1 is 0.364 bits per heavy atom. The molecule has 0 aliphatic heterocycles. The average Bonchev–Trinajstić information content (AvgIpc) is 2.83. The number of unbranched alkanes of at least 4 members (excludes halogenated alkanes) is 27. The van der Waals surface area contributed by atoms with Gasteiger partial charge in [0.15, 0.2) is 0 Å². The molecule has 0 bridgehead atoms. The highest BCUT2D eigenvalue weighted by Gasteiger charge is 1.96. The summed E-state index contributed by atoms with van der Waals surface area (Å²) in [4.78, 5) is 0. The first-order chi connectivity index (χ1) is 16.4. The quantitative estimate of drug-likeness (QED) is 0.0921. The Morgan fingerprint density at radius 2 is 0.576 bits per heavy atom. The molecule has 0 saturated carbocycles. The summed E-state index contributed by atoms with van der Waals surface area (Å²) in [6.07, 6.45) is 41.2. The van der Waals surface area contributed by atoms with E-state index in [0.717, 1.165) is 0 Å². The van der Waals surface area contributed by atoms with Gasteiger partial charge in [-0.3, -0.25) is 0 Å². The van der Waals surface area contributed by atoms with E-state index in [1.165, 1.54) is 186 Å². The van der Waals surface area contributed by atoms with E-state index in [-0.39, 0.29) is 0 Å². The molecule has 0 aromatic rings. The fourth-order valence-electron chi connectivity index (χ4n) is 4.94. The predicted octanol–water partition coefficient (Wildman–Crippen LogP) is 12.8. The van der Waals surface area contributed by atoms with Crippen LogP contribution >= 0.6 is 11.8 Å². The van der Waals surface area contributed by atoms with Gasteiger partial charge in [-0.15, -0.1) is 11.8 Å². The minimum Gasteiger partial charge on any atom is -0.135 e. The normalized spacial score (nSPS) is 11.3. The van der Waals surface area contributed by atoms with E-state index >= 15 is 0 Å². The molecule has 0 fully saturated rings. The lowest BCUT2D eigenvalue weighted by Gasteiger charge is -2.04. The average molecular weight is 481 g/mol. The van der Waals surface area contributed by atoms with E-state index in [4.69, 9.17) is 0 Å². The highest BCUT2D eigenvalue weighted by molar-refractivity contribution is 8.02. The SMILES string of the molecule is C=CSCCCCCCCCCCCCCCCCCCCCCCCCCCCCCC. The first kappa shape index (κ1) is 33.1. The molecule has 0 aliphatic rings. The van der Waals surface area contributed by atoms with E-state index in [1.807, 2.05) is 17.2 Å². The zero-order valence-electron chi connectivity index (χ0n) is 23.2. The van der Waals surface area contributed by atoms with Gasteiger partial charge in [-0.05, 0) is 17.6 Å². The second kappa shape index (κ2) is 32.1. The maximum absolute atomic E-state index is 3.76. The van der Waals surface area contributed by atoms with Gasteiger partial charge in [0.1, 0.15) is 0 Å². The third kappa shape index (κ3) is 32.1. The summed E-state index contributed by atoms with van der Waals surface area (Å²) in [6, 6.07) is 0. The van der Waals surface area contributed by atoms with Crippen molar-refractivity contribution in [3.05, 3.63) is 12.0 Å². The van der Waals surface area contributed by atoms with Crippen LogP contribution in [0.15, 0.2) is 12.0 Å². The largest absolute Gasteiger partial charge is 0.135 e. The number of hydrogen-bond acceptors (Lipinski definition) is 1. The Kier molecular flexibility index (Phi) is 32.2. The maximum Gasteiger partial charge on any atom is -0.00262 e. The van der Waals surface area contributed by atoms with Crippen LogP contribution in [0.5, 0.6) is 0 Å². The minimum atomic E-state index is 1.27. The van der Waals surface area contributed by atoms with Crippen molar-refractivity contribution in [3.63, 3.8) is 0 Å². The van der Waals surface area contributed by atoms with Crippen molar-refractivity contribution in [2.75, 3.05) is 5.75 Å². The van der Waals surface area contributed by atoms with Crippen molar-refractivity contribution in [2.24, 2.45) is 0 Å². The Labute approximate surface area is 215 Å². The van der Waals surface area contributed by atoms with Crippen LogP contribution in [0, 0.1) is 0 Å². The fraction of sp³-hybridized carbons (Fsp3) is 0.938. The molecule has 0 spiro atoms. The van der Waals surface area contributed by atoms with Crippen LogP contribution in [0.4, 0.5) is 0 Å². The Hall–Kier alpha value is 0.0900. The first-order valence-electron chi connectivity index (χ1n) is 15.6. The van der Waals surface area contributed by atoms with Crippen molar-refractivity contribution >= 4 is 11.8 Å². The smallest absolute Gasteiger partial charge is 0.00262 e. The monoisotopic (exact) mass is 480 g/mol. The van der Waals surface area contributed by atoms with Crippen LogP contribution in [0.3, 0.4) is 0 Å². The molecule has 0 N–H and O–H groups in total. The van der Waals surface area contributed by atoms with Crippen molar-refractivity contribution in [1.29, 1.82) is 0 Å². The van der Waals surface area contributed by atoms with Gasteiger partial charge in [-0.25, -0.2) is 0 Å². The molecule has 0 unspecified atom stereocenters. The summed E-state index contributed by atoms with van der Waals surface area (Å²) in [5.74, 6) is 1.27. The molecular formula is C32H64S. The topological polar surface area (TPSA) is 0 Å². The molecule has 0 nitrogen and oxygen atoms in total. The summed E-state index contributed by atoms with van der Waals surface area (Å²) < 4.78 is 0. The third-order valence-corrected chi connectivity index (χ3v) is 7.99. The standard InChI is InChI=1S/C32H64S/c1-3-5-6-7-8-9-10-11-12-13-14-15-16-17-18-19-20-21-22-23-24-25-26-27-28-29-30-31-32-33-4-2/h4H,2-3,5-32H2,1H3. The molecule has 0 aromatic carbocycles. The Balaban J connectivity index is 2.99. The molecule has 0 atom stereocenters. The van der Waals surface area contributed by atoms with Gasteiger partial charge in [-0.2, -0.15) is 0 Å². The van der Waals surface area contributed by atoms with Crippen LogP contribution < -0.4 is 0 Å². The second-order valence-electron chi connectivity index (χ2n) is 10.6. The van der Waals surface area contributed by atoms with E-state index in [1.54, 1.807) is 0 Å². The molecule has 198 valence electrons. The molecule has 0 aromatic heterocycles. The Morgan fingerprint density at radius 3 is 0.788 bits per heavy atom. The highest BCUT2D eigenvalue weighted by Crippen LogP contribution is 2.16. The van der Waals surface area contributed by atoms with Crippen LogP contribution in [0.2, 0.25) is 0 Å². The van der Waals surface area contributed by atoms with Crippen LogP contribution in [-0.2, 0) is 0 Å². The molecule has 0 heterocycles. The lowest BCUT2D eigenvalue weighted by atomic mass is 10.0. The highest BCUT2D eigenvalue weighted by atomic mass is 32.2. The fourth-order valence-corrected chi connectivity index (χ4v) is 5.48. The summed E-state index contributed by atoms with van der Waals surface area (Å²) >= 11 is 1.87. The van der Waals surface area contributed by atoms with Gasteiger partial charge in [0.2, 0.25) is 0 Å². The predicted molar refractivity (Wildman–Crippen MR) is 158 cm³/mol. The van der Waals surface area contributed by atoms with Gasteiger partial charge in [-0.1, -0.05) is 187 Å². The van der Waals surface area contributed by atoms with E-state index in [2.05, 4.69) is 13.5 Å². The summed E-state index contributed by atoms with van der Waals surface area (Å²) in [7, 11) is 0. The third-order valence-electron chi connectivity index (χ3n) is 7.23. The molecule has 0 rings (SSSR count). The zero-order valence-corrected chi connectivity index (χ0v) is 24.0. The number of rotatable bonds is 30. The zero-order chi connectivity index (χ0) is 23.9. The van der Waals surface area contributed by atoms with E-state index in [0.29, 0.717) is 0 Å². The summed E-state index contributed by atoms with van der Waals surface area (Å²) in [5.41, 5.74) is 0. The molecule has 33 heavy (non-hydrogen) atoms. The van der Waals surface area contributed by atoms with Crippen molar-refractivity contribution in [1.82, 2.24) is 0 Å². The number of hydrogen-bond donors (Lipinski definition) is 0. The lowest BCUT2D eigenvalue weighted by Crippen LogP contribution is -1.85. The summed E-state index contributed by atoms with van der Waals surface area (Å²) in [5, 5.41) is 1.97. The Bertz CT molecular complexity index is 337. The van der Waals surface area contributed by atoms with Gasteiger partial charge in [0.25, 0.3) is 0 Å². The van der Waals surface area contributed by atoms with Crippen LogP contribution in [0.25, 0.3) is 0 Å². The summed E-state index contributed by atoms with van der Waals surface area (Å²) in [6.45, 7) is 6.07. The minimum absolute atomic E-state index is 1.27. The lowest BCUT2D eigenvalue weighted by molar-refractivity contribution is 0.514. The molecular weight excluding hydrogens is 416 g/mol. The van der Waals surface area contributed by atoms with Gasteiger partial charge >= 0.3 is 0 Å².